The molecule has 90 valence electrons. The molecule has 0 saturated heterocycles. The highest BCUT2D eigenvalue weighted by molar-refractivity contribution is 5.85. The summed E-state index contributed by atoms with van der Waals surface area (Å²) in [4.78, 5) is 8.70. The Balaban J connectivity index is 0.00000144. The third kappa shape index (κ3) is 3.43. The zero-order chi connectivity index (χ0) is 11.5. The van der Waals surface area contributed by atoms with E-state index in [0.29, 0.717) is 5.95 Å². The first kappa shape index (κ1) is 13.5. The van der Waals surface area contributed by atoms with Crippen LogP contribution in [0.3, 0.4) is 0 Å². The van der Waals surface area contributed by atoms with Crippen LogP contribution in [0.2, 0.25) is 0 Å². The van der Waals surface area contributed by atoms with Crippen LogP contribution in [0.1, 0.15) is 17.0 Å². The minimum Gasteiger partial charge on any atom is -0.324 e. The van der Waals surface area contributed by atoms with Gasteiger partial charge in [-0.2, -0.15) is 0 Å². The van der Waals surface area contributed by atoms with Gasteiger partial charge in [-0.25, -0.2) is 9.97 Å². The standard InChI is InChI=1S/C13H15N3.ClH/c1-9-6-4-5-7-12(9)16-13-14-10(2)8-11(3)15-13;/h4-8H,1-3H3,(H,14,15,16);1H. The molecule has 0 aliphatic rings. The third-order valence-corrected chi connectivity index (χ3v) is 2.37. The molecule has 0 atom stereocenters. The molecule has 0 unspecified atom stereocenters. The molecule has 2 rings (SSSR count). The Morgan fingerprint density at radius 2 is 1.53 bits per heavy atom. The van der Waals surface area contributed by atoms with Gasteiger partial charge in [0.05, 0.1) is 0 Å². The SMILES string of the molecule is Cc1cc(C)nc(Nc2ccccc2C)n1.Cl. The molecule has 0 radical (unpaired) electrons. The van der Waals surface area contributed by atoms with Gasteiger partial charge in [0.25, 0.3) is 0 Å². The molecule has 1 heterocycles. The van der Waals surface area contributed by atoms with Gasteiger partial charge in [0, 0.05) is 17.1 Å². The molecule has 17 heavy (non-hydrogen) atoms. The number of aryl methyl sites for hydroxylation is 3. The second-order valence-electron chi connectivity index (χ2n) is 3.91. The molecule has 0 fully saturated rings. The van der Waals surface area contributed by atoms with E-state index in [9.17, 15) is 0 Å². The Morgan fingerprint density at radius 1 is 0.941 bits per heavy atom. The van der Waals surface area contributed by atoms with E-state index in [1.807, 2.05) is 38.1 Å². The molecule has 0 aliphatic heterocycles. The van der Waals surface area contributed by atoms with E-state index in [4.69, 9.17) is 0 Å². The molecule has 1 N–H and O–H groups in total. The Hall–Kier alpha value is -1.61. The summed E-state index contributed by atoms with van der Waals surface area (Å²) in [6.07, 6.45) is 0. The van der Waals surface area contributed by atoms with Gasteiger partial charge in [0.15, 0.2) is 0 Å². The fraction of sp³-hybridized carbons (Fsp3) is 0.231. The first-order chi connectivity index (χ1) is 7.65. The predicted octanol–water partition coefficient (Wildman–Crippen LogP) is 3.57. The first-order valence-corrected chi connectivity index (χ1v) is 5.30. The van der Waals surface area contributed by atoms with Crippen molar-refractivity contribution in [1.82, 2.24) is 9.97 Å². The van der Waals surface area contributed by atoms with Crippen molar-refractivity contribution < 1.29 is 0 Å². The number of hydrogen-bond donors (Lipinski definition) is 1. The van der Waals surface area contributed by atoms with Crippen LogP contribution in [-0.4, -0.2) is 9.97 Å². The second kappa shape index (κ2) is 5.64. The van der Waals surface area contributed by atoms with Gasteiger partial charge >= 0.3 is 0 Å². The van der Waals surface area contributed by atoms with Crippen molar-refractivity contribution >= 4 is 24.0 Å². The first-order valence-electron chi connectivity index (χ1n) is 5.30. The molecule has 4 heteroatoms. The van der Waals surface area contributed by atoms with E-state index in [-0.39, 0.29) is 12.4 Å². The van der Waals surface area contributed by atoms with E-state index in [2.05, 4.69) is 28.3 Å². The molecule has 3 nitrogen and oxygen atoms in total. The average molecular weight is 250 g/mol. The second-order valence-corrected chi connectivity index (χ2v) is 3.91. The number of hydrogen-bond acceptors (Lipinski definition) is 3. The molecule has 0 aliphatic carbocycles. The minimum absolute atomic E-state index is 0. The van der Waals surface area contributed by atoms with Crippen LogP contribution in [0.25, 0.3) is 0 Å². The smallest absolute Gasteiger partial charge is 0.227 e. The van der Waals surface area contributed by atoms with Gasteiger partial charge in [-0.1, -0.05) is 18.2 Å². The summed E-state index contributed by atoms with van der Waals surface area (Å²) in [6, 6.07) is 10.1. The molecule has 2 aromatic rings. The highest BCUT2D eigenvalue weighted by Gasteiger charge is 2.01. The number of nitrogens with one attached hydrogen (secondary N) is 1. The van der Waals surface area contributed by atoms with Crippen LogP contribution in [0.4, 0.5) is 11.6 Å². The Morgan fingerprint density at radius 3 is 2.12 bits per heavy atom. The summed E-state index contributed by atoms with van der Waals surface area (Å²) in [7, 11) is 0. The molecular weight excluding hydrogens is 234 g/mol. The largest absolute Gasteiger partial charge is 0.324 e. The number of nitrogens with zero attached hydrogens (tertiary/aromatic N) is 2. The number of halogens is 1. The highest BCUT2D eigenvalue weighted by Crippen LogP contribution is 2.17. The van der Waals surface area contributed by atoms with Crippen LogP contribution < -0.4 is 5.32 Å². The van der Waals surface area contributed by atoms with Crippen molar-refractivity contribution in [2.45, 2.75) is 20.8 Å². The van der Waals surface area contributed by atoms with Crippen LogP contribution in [-0.2, 0) is 0 Å². The summed E-state index contributed by atoms with van der Waals surface area (Å²) in [5.41, 5.74) is 4.19. The predicted molar refractivity (Wildman–Crippen MR) is 73.2 cm³/mol. The van der Waals surface area contributed by atoms with Gasteiger partial charge in [-0.05, 0) is 38.5 Å². The van der Waals surface area contributed by atoms with Crippen molar-refractivity contribution in [1.29, 1.82) is 0 Å². The Bertz CT molecular complexity index is 492. The lowest BCUT2D eigenvalue weighted by Crippen LogP contribution is -2.00. The topological polar surface area (TPSA) is 37.8 Å². The zero-order valence-electron chi connectivity index (χ0n) is 10.2. The van der Waals surface area contributed by atoms with E-state index >= 15 is 0 Å². The highest BCUT2D eigenvalue weighted by atomic mass is 35.5. The van der Waals surface area contributed by atoms with Gasteiger partial charge in [0.1, 0.15) is 0 Å². The molecule has 0 amide bonds. The molecule has 0 spiro atoms. The number of rotatable bonds is 2. The number of aromatic nitrogens is 2. The maximum atomic E-state index is 4.35. The lowest BCUT2D eigenvalue weighted by molar-refractivity contribution is 1.06. The van der Waals surface area contributed by atoms with Crippen molar-refractivity contribution in [3.63, 3.8) is 0 Å². The quantitative estimate of drug-likeness (QED) is 0.884. The van der Waals surface area contributed by atoms with Gasteiger partial charge in [0.2, 0.25) is 5.95 Å². The summed E-state index contributed by atoms with van der Waals surface area (Å²) in [5, 5.41) is 3.23. The number of para-hydroxylation sites is 1. The van der Waals surface area contributed by atoms with Crippen molar-refractivity contribution in [3.05, 3.63) is 47.3 Å². The summed E-state index contributed by atoms with van der Waals surface area (Å²) < 4.78 is 0. The third-order valence-electron chi connectivity index (χ3n) is 2.37. The fourth-order valence-corrected chi connectivity index (χ4v) is 1.62. The lowest BCUT2D eigenvalue weighted by atomic mass is 10.2. The van der Waals surface area contributed by atoms with Crippen LogP contribution >= 0.6 is 12.4 Å². The van der Waals surface area contributed by atoms with Crippen molar-refractivity contribution in [2.24, 2.45) is 0 Å². The van der Waals surface area contributed by atoms with Crippen molar-refractivity contribution in [3.8, 4) is 0 Å². The van der Waals surface area contributed by atoms with Gasteiger partial charge in [-0.3, -0.25) is 0 Å². The fourth-order valence-electron chi connectivity index (χ4n) is 1.62. The molecule has 0 bridgehead atoms. The normalized spacial score (nSPS) is 9.59. The molecule has 0 saturated carbocycles. The van der Waals surface area contributed by atoms with Crippen LogP contribution in [0.5, 0.6) is 0 Å². The van der Waals surface area contributed by atoms with Crippen LogP contribution in [0, 0.1) is 20.8 Å². The van der Waals surface area contributed by atoms with E-state index in [1.54, 1.807) is 0 Å². The van der Waals surface area contributed by atoms with Gasteiger partial charge < -0.3 is 5.32 Å². The monoisotopic (exact) mass is 249 g/mol. The Labute approximate surface area is 108 Å². The van der Waals surface area contributed by atoms with E-state index in [1.165, 1.54) is 5.56 Å². The minimum atomic E-state index is 0. The number of benzene rings is 1. The zero-order valence-corrected chi connectivity index (χ0v) is 11.0. The lowest BCUT2D eigenvalue weighted by Gasteiger charge is -2.08. The maximum Gasteiger partial charge on any atom is 0.227 e. The molecular formula is C13H16ClN3. The summed E-state index contributed by atoms with van der Waals surface area (Å²) in [6.45, 7) is 6.00. The molecule has 1 aromatic carbocycles. The Kier molecular flexibility index (Phi) is 4.46. The van der Waals surface area contributed by atoms with E-state index in [0.717, 1.165) is 17.1 Å². The van der Waals surface area contributed by atoms with Gasteiger partial charge in [-0.15, -0.1) is 12.4 Å². The van der Waals surface area contributed by atoms with Crippen molar-refractivity contribution in [2.75, 3.05) is 5.32 Å². The van der Waals surface area contributed by atoms with Crippen LogP contribution in [0.15, 0.2) is 30.3 Å². The maximum absolute atomic E-state index is 4.35. The molecule has 1 aromatic heterocycles. The summed E-state index contributed by atoms with van der Waals surface area (Å²) in [5.74, 6) is 0.659. The average Bonchev–Trinajstić information content (AvgIpc) is 2.20. The number of anilines is 2. The van der Waals surface area contributed by atoms with E-state index < -0.39 is 0 Å². The summed E-state index contributed by atoms with van der Waals surface area (Å²) >= 11 is 0.